The summed E-state index contributed by atoms with van der Waals surface area (Å²) in [6, 6.07) is 11.6. The van der Waals surface area contributed by atoms with Crippen LogP contribution in [0.1, 0.15) is 0 Å². The number of nitrogen functional groups attached to an aromatic ring is 1. The van der Waals surface area contributed by atoms with Crippen LogP contribution in [0.2, 0.25) is 0 Å². The van der Waals surface area contributed by atoms with E-state index in [2.05, 4.69) is 0 Å². The predicted molar refractivity (Wildman–Crippen MR) is 76.6 cm³/mol. The first-order valence-electron chi connectivity index (χ1n) is 5.85. The number of hydrogen-bond acceptors (Lipinski definition) is 6. The van der Waals surface area contributed by atoms with E-state index in [1.807, 2.05) is 0 Å². The van der Waals surface area contributed by atoms with E-state index in [1.165, 1.54) is 6.07 Å². The van der Waals surface area contributed by atoms with Crippen molar-refractivity contribution in [2.75, 3.05) is 11.7 Å². The number of nitro groups is 1. The maximum Gasteiger partial charge on any atom is 0.270 e. The molecule has 21 heavy (non-hydrogen) atoms. The fourth-order valence-corrected chi connectivity index (χ4v) is 2.78. The summed E-state index contributed by atoms with van der Waals surface area (Å²) in [5, 5.41) is 10.7. The van der Waals surface area contributed by atoms with Crippen LogP contribution in [-0.2, 0) is 9.84 Å². The van der Waals surface area contributed by atoms with Gasteiger partial charge in [0.05, 0.1) is 10.6 Å². The molecule has 8 heteroatoms. The maximum atomic E-state index is 12.2. The van der Waals surface area contributed by atoms with E-state index < -0.39 is 20.7 Å². The van der Waals surface area contributed by atoms with Crippen molar-refractivity contribution in [1.82, 2.24) is 0 Å². The molecule has 0 spiro atoms. The second-order valence-corrected chi connectivity index (χ2v) is 6.07. The van der Waals surface area contributed by atoms with Gasteiger partial charge in [0.25, 0.3) is 5.69 Å². The molecule has 0 unspecified atom stereocenters. The predicted octanol–water partition coefficient (Wildman–Crippen LogP) is 1.99. The Morgan fingerprint density at radius 1 is 1.14 bits per heavy atom. The Labute approximate surface area is 121 Å². The van der Waals surface area contributed by atoms with E-state index >= 15 is 0 Å². The van der Waals surface area contributed by atoms with E-state index in [9.17, 15) is 18.5 Å². The Kier molecular flexibility index (Phi) is 4.08. The summed E-state index contributed by atoms with van der Waals surface area (Å²) in [7, 11) is -3.90. The molecule has 2 N–H and O–H groups in total. The number of sulfone groups is 1. The number of nitro benzene ring substituents is 1. The van der Waals surface area contributed by atoms with Gasteiger partial charge in [-0.2, -0.15) is 0 Å². The number of rotatable bonds is 5. The smallest absolute Gasteiger partial charge is 0.270 e. The largest absolute Gasteiger partial charge is 0.477 e. The number of nitrogens with two attached hydrogens (primary N) is 1. The van der Waals surface area contributed by atoms with Crippen LogP contribution in [0, 0.1) is 10.1 Å². The molecule has 0 saturated heterocycles. The molecule has 110 valence electrons. The Bertz CT molecular complexity index is 759. The Hall–Kier alpha value is -2.61. The quantitative estimate of drug-likeness (QED) is 0.513. The fourth-order valence-electron chi connectivity index (χ4n) is 1.63. The third-order valence-corrected chi connectivity index (χ3v) is 4.12. The molecule has 0 atom stereocenters. The molecule has 0 aliphatic carbocycles. The second kappa shape index (κ2) is 5.80. The summed E-state index contributed by atoms with van der Waals surface area (Å²) in [4.78, 5) is 9.71. The van der Waals surface area contributed by atoms with Crippen LogP contribution in [-0.4, -0.2) is 19.3 Å². The first-order chi connectivity index (χ1) is 9.90. The van der Waals surface area contributed by atoms with Gasteiger partial charge in [-0.1, -0.05) is 18.2 Å². The molecule has 0 saturated carbocycles. The van der Waals surface area contributed by atoms with Gasteiger partial charge in [0.2, 0.25) is 9.84 Å². The number of hydrogen-bond donors (Lipinski definition) is 1. The van der Waals surface area contributed by atoms with Crippen molar-refractivity contribution in [3.8, 4) is 5.75 Å². The number of para-hydroxylation sites is 1. The van der Waals surface area contributed by atoms with E-state index in [-0.39, 0.29) is 16.3 Å². The minimum Gasteiger partial charge on any atom is -0.477 e. The van der Waals surface area contributed by atoms with Gasteiger partial charge in [-0.05, 0) is 18.2 Å². The standard InChI is InChI=1S/C13H12N2O5S/c14-12-7-6-10(15(16)17)8-13(12)21(18,19)9-20-11-4-2-1-3-5-11/h1-8H,9,14H2. The molecule has 0 aliphatic rings. The van der Waals surface area contributed by atoms with Crippen LogP contribution in [0.3, 0.4) is 0 Å². The highest BCUT2D eigenvalue weighted by Crippen LogP contribution is 2.25. The number of anilines is 1. The van der Waals surface area contributed by atoms with Gasteiger partial charge in [-0.3, -0.25) is 10.1 Å². The molecule has 0 aromatic heterocycles. The lowest BCUT2D eigenvalue weighted by Crippen LogP contribution is -2.14. The Morgan fingerprint density at radius 3 is 2.43 bits per heavy atom. The average molecular weight is 308 g/mol. The van der Waals surface area contributed by atoms with Crippen molar-refractivity contribution in [2.45, 2.75) is 4.90 Å². The summed E-state index contributed by atoms with van der Waals surface area (Å²) in [6.45, 7) is 0. The van der Waals surface area contributed by atoms with Crippen LogP contribution in [0.5, 0.6) is 5.75 Å². The zero-order valence-electron chi connectivity index (χ0n) is 10.8. The lowest BCUT2D eigenvalue weighted by Gasteiger charge is -2.09. The Balaban J connectivity index is 2.27. The molecule has 0 radical (unpaired) electrons. The summed E-state index contributed by atoms with van der Waals surface area (Å²) in [5.41, 5.74) is 5.18. The summed E-state index contributed by atoms with van der Waals surface area (Å²) < 4.78 is 29.5. The monoisotopic (exact) mass is 308 g/mol. The van der Waals surface area contributed by atoms with Crippen molar-refractivity contribution in [3.05, 3.63) is 58.6 Å². The molecule has 2 aromatic carbocycles. The van der Waals surface area contributed by atoms with Crippen molar-refractivity contribution in [1.29, 1.82) is 0 Å². The molecule has 2 rings (SSSR count). The zero-order valence-corrected chi connectivity index (χ0v) is 11.6. The maximum absolute atomic E-state index is 12.2. The van der Waals surface area contributed by atoms with Crippen molar-refractivity contribution in [3.63, 3.8) is 0 Å². The highest BCUT2D eigenvalue weighted by molar-refractivity contribution is 7.91. The average Bonchev–Trinajstić information content (AvgIpc) is 2.46. The van der Waals surface area contributed by atoms with Crippen LogP contribution < -0.4 is 10.5 Å². The molecule has 0 fully saturated rings. The normalized spacial score (nSPS) is 11.0. The molecule has 0 amide bonds. The van der Waals surface area contributed by atoms with Gasteiger partial charge < -0.3 is 10.5 Å². The van der Waals surface area contributed by atoms with E-state index in [4.69, 9.17) is 10.5 Å². The summed E-state index contributed by atoms with van der Waals surface area (Å²) >= 11 is 0. The lowest BCUT2D eigenvalue weighted by molar-refractivity contribution is -0.385. The Morgan fingerprint density at radius 2 is 1.81 bits per heavy atom. The lowest BCUT2D eigenvalue weighted by atomic mass is 10.3. The zero-order chi connectivity index (χ0) is 15.5. The highest BCUT2D eigenvalue weighted by atomic mass is 32.2. The van der Waals surface area contributed by atoms with Gasteiger partial charge in [0.15, 0.2) is 5.94 Å². The van der Waals surface area contributed by atoms with Crippen LogP contribution >= 0.6 is 0 Å². The topological polar surface area (TPSA) is 113 Å². The van der Waals surface area contributed by atoms with Crippen LogP contribution in [0.4, 0.5) is 11.4 Å². The van der Waals surface area contributed by atoms with E-state index in [0.29, 0.717) is 5.75 Å². The van der Waals surface area contributed by atoms with E-state index in [1.54, 1.807) is 30.3 Å². The molecular weight excluding hydrogens is 296 g/mol. The number of non-ortho nitro benzene ring substituents is 1. The number of ether oxygens (including phenoxy) is 1. The van der Waals surface area contributed by atoms with Gasteiger partial charge in [-0.15, -0.1) is 0 Å². The van der Waals surface area contributed by atoms with Crippen molar-refractivity contribution < 1.29 is 18.1 Å². The summed E-state index contributed by atoms with van der Waals surface area (Å²) in [6.07, 6.45) is 0. The first kappa shape index (κ1) is 14.8. The minimum absolute atomic E-state index is 0.0581. The van der Waals surface area contributed by atoms with Crippen LogP contribution in [0.25, 0.3) is 0 Å². The molecular formula is C13H12N2O5S. The molecule has 2 aromatic rings. The van der Waals surface area contributed by atoms with Gasteiger partial charge in [0.1, 0.15) is 10.6 Å². The second-order valence-electron chi connectivity index (χ2n) is 4.17. The fraction of sp³-hybridized carbons (Fsp3) is 0.0769. The summed E-state index contributed by atoms with van der Waals surface area (Å²) in [5.74, 6) is -0.271. The van der Waals surface area contributed by atoms with Crippen molar-refractivity contribution >= 4 is 21.2 Å². The first-order valence-corrected chi connectivity index (χ1v) is 7.50. The SMILES string of the molecule is Nc1ccc([N+](=O)[O-])cc1S(=O)(=O)COc1ccccc1. The van der Waals surface area contributed by atoms with Gasteiger partial charge >= 0.3 is 0 Å². The van der Waals surface area contributed by atoms with Gasteiger partial charge in [-0.25, -0.2) is 8.42 Å². The van der Waals surface area contributed by atoms with Gasteiger partial charge in [0, 0.05) is 12.1 Å². The molecule has 0 heterocycles. The van der Waals surface area contributed by atoms with Crippen molar-refractivity contribution in [2.24, 2.45) is 0 Å². The highest BCUT2D eigenvalue weighted by Gasteiger charge is 2.22. The van der Waals surface area contributed by atoms with Crippen LogP contribution in [0.15, 0.2) is 53.4 Å². The minimum atomic E-state index is -3.90. The molecule has 7 nitrogen and oxygen atoms in total. The number of nitrogens with zero attached hydrogens (tertiary/aromatic N) is 1. The third kappa shape index (κ3) is 3.48. The molecule has 0 aliphatic heterocycles. The third-order valence-electron chi connectivity index (χ3n) is 2.67. The van der Waals surface area contributed by atoms with E-state index in [0.717, 1.165) is 12.1 Å². The molecule has 0 bridgehead atoms. The number of benzene rings is 2.